The minimum atomic E-state index is -3.64. The summed E-state index contributed by atoms with van der Waals surface area (Å²) in [6, 6.07) is 5.79. The summed E-state index contributed by atoms with van der Waals surface area (Å²) >= 11 is 1.21. The van der Waals surface area contributed by atoms with Crippen molar-refractivity contribution in [1.82, 2.24) is 9.21 Å². The summed E-state index contributed by atoms with van der Waals surface area (Å²) in [5, 5.41) is 3.11. The van der Waals surface area contributed by atoms with Crippen LogP contribution in [0.3, 0.4) is 0 Å². The van der Waals surface area contributed by atoms with E-state index in [-0.39, 0.29) is 29.2 Å². The molecule has 0 saturated carbocycles. The molecular weight excluding hydrogens is 518 g/mol. The van der Waals surface area contributed by atoms with E-state index in [1.807, 2.05) is 6.92 Å². The molecule has 2 aliphatic heterocycles. The van der Waals surface area contributed by atoms with Gasteiger partial charge >= 0.3 is 12.1 Å². The van der Waals surface area contributed by atoms with Crippen LogP contribution in [0.4, 0.5) is 9.80 Å². The molecule has 2 aliphatic rings. The van der Waals surface area contributed by atoms with Crippen molar-refractivity contribution in [2.24, 2.45) is 5.92 Å². The molecule has 0 bridgehead atoms. The Hall–Kier alpha value is -2.96. The standard InChI is InChI=1S/C25H31N3O7S2/c1-4-35-25(31)27-13-11-19-20(15-27)36-23(21(19)24(30)34-3)26-22(29)17-7-9-18(10-8-17)37(32,33)28-12-5-6-16(2)14-28/h7-10,16H,4-6,11-15H2,1-3H3,(H,26,29)/t16-/m1/s1. The number of piperidine rings is 1. The van der Waals surface area contributed by atoms with Gasteiger partial charge in [0.2, 0.25) is 10.0 Å². The normalized spacial score (nSPS) is 18.1. The highest BCUT2D eigenvalue weighted by molar-refractivity contribution is 7.89. The third kappa shape index (κ3) is 5.65. The van der Waals surface area contributed by atoms with Crippen LogP contribution < -0.4 is 5.32 Å². The minimum absolute atomic E-state index is 0.138. The second kappa shape index (κ2) is 11.2. The molecule has 1 atom stereocenters. The number of esters is 1. The number of nitrogens with one attached hydrogen (secondary N) is 1. The van der Waals surface area contributed by atoms with Gasteiger partial charge in [-0.15, -0.1) is 11.3 Å². The number of carbonyl (C=O) groups is 3. The first-order chi connectivity index (χ1) is 17.6. The van der Waals surface area contributed by atoms with Crippen molar-refractivity contribution in [3.63, 3.8) is 0 Å². The van der Waals surface area contributed by atoms with Crippen LogP contribution in [-0.4, -0.2) is 68.9 Å². The number of hydrogen-bond donors (Lipinski definition) is 1. The summed E-state index contributed by atoms with van der Waals surface area (Å²) in [6.45, 7) is 5.65. The second-order valence-electron chi connectivity index (χ2n) is 9.16. The minimum Gasteiger partial charge on any atom is -0.465 e. The number of nitrogens with zero attached hydrogens (tertiary/aromatic N) is 2. The summed E-state index contributed by atoms with van der Waals surface area (Å²) in [5.41, 5.74) is 1.27. The molecule has 37 heavy (non-hydrogen) atoms. The van der Waals surface area contributed by atoms with Crippen LogP contribution in [0.5, 0.6) is 0 Å². The summed E-state index contributed by atoms with van der Waals surface area (Å²) < 4.78 is 37.6. The Bertz CT molecular complexity index is 1290. The van der Waals surface area contributed by atoms with Gasteiger partial charge in [0.15, 0.2) is 0 Å². The van der Waals surface area contributed by atoms with Crippen molar-refractivity contribution in [2.75, 3.05) is 38.7 Å². The fraction of sp³-hybridized carbons (Fsp3) is 0.480. The smallest absolute Gasteiger partial charge is 0.410 e. The summed E-state index contributed by atoms with van der Waals surface area (Å²) in [7, 11) is -2.36. The number of thiophene rings is 1. The van der Waals surface area contributed by atoms with Crippen LogP contribution in [-0.2, 0) is 32.5 Å². The predicted octanol–water partition coefficient (Wildman–Crippen LogP) is 3.72. The van der Waals surface area contributed by atoms with Crippen molar-refractivity contribution < 1.29 is 32.3 Å². The van der Waals surface area contributed by atoms with Crippen LogP contribution >= 0.6 is 11.3 Å². The average molecular weight is 550 g/mol. The molecule has 2 amide bonds. The van der Waals surface area contributed by atoms with Gasteiger partial charge in [0, 0.05) is 30.1 Å². The molecule has 0 unspecified atom stereocenters. The Labute approximate surface area is 220 Å². The third-order valence-corrected chi connectivity index (χ3v) is 9.59. The second-order valence-corrected chi connectivity index (χ2v) is 12.2. The summed E-state index contributed by atoms with van der Waals surface area (Å²) in [5.74, 6) is -0.755. The number of benzene rings is 1. The van der Waals surface area contributed by atoms with Crippen LogP contribution in [0.2, 0.25) is 0 Å². The van der Waals surface area contributed by atoms with E-state index in [4.69, 9.17) is 9.47 Å². The van der Waals surface area contributed by atoms with Crippen molar-refractivity contribution in [1.29, 1.82) is 0 Å². The van der Waals surface area contributed by atoms with Gasteiger partial charge in [-0.05, 0) is 61.9 Å². The molecule has 4 rings (SSSR count). The van der Waals surface area contributed by atoms with Gasteiger partial charge in [-0.25, -0.2) is 18.0 Å². The highest BCUT2D eigenvalue weighted by Crippen LogP contribution is 2.38. The molecule has 1 saturated heterocycles. The average Bonchev–Trinajstić information content (AvgIpc) is 3.25. The number of ether oxygens (including phenoxy) is 2. The van der Waals surface area contributed by atoms with Crippen LogP contribution in [0.1, 0.15) is 57.8 Å². The number of rotatable bonds is 6. The lowest BCUT2D eigenvalue weighted by molar-refractivity contribution is 0.0600. The first kappa shape index (κ1) is 27.1. The molecule has 2 aromatic rings. The van der Waals surface area contributed by atoms with E-state index < -0.39 is 28.0 Å². The first-order valence-electron chi connectivity index (χ1n) is 12.2. The van der Waals surface area contributed by atoms with E-state index in [9.17, 15) is 22.8 Å². The Morgan fingerprint density at radius 3 is 2.54 bits per heavy atom. The Kier molecular flexibility index (Phi) is 8.20. The molecular formula is C25H31N3O7S2. The maximum absolute atomic E-state index is 13.1. The van der Waals surface area contributed by atoms with Gasteiger partial charge < -0.3 is 19.7 Å². The lowest BCUT2D eigenvalue weighted by atomic mass is 10.0. The molecule has 0 aliphatic carbocycles. The lowest BCUT2D eigenvalue weighted by Gasteiger charge is -2.30. The largest absolute Gasteiger partial charge is 0.465 e. The lowest BCUT2D eigenvalue weighted by Crippen LogP contribution is -2.39. The van der Waals surface area contributed by atoms with E-state index >= 15 is 0 Å². The Morgan fingerprint density at radius 1 is 1.16 bits per heavy atom. The number of anilines is 1. The zero-order chi connectivity index (χ0) is 26.7. The van der Waals surface area contributed by atoms with E-state index in [1.54, 1.807) is 11.8 Å². The van der Waals surface area contributed by atoms with E-state index in [2.05, 4.69) is 5.32 Å². The van der Waals surface area contributed by atoms with Crippen LogP contribution in [0, 0.1) is 5.92 Å². The van der Waals surface area contributed by atoms with E-state index in [0.29, 0.717) is 37.0 Å². The fourth-order valence-corrected chi connectivity index (χ4v) is 7.49. The van der Waals surface area contributed by atoms with Gasteiger partial charge in [0.1, 0.15) is 5.00 Å². The van der Waals surface area contributed by atoms with Crippen LogP contribution in [0.25, 0.3) is 0 Å². The molecule has 12 heteroatoms. The predicted molar refractivity (Wildman–Crippen MR) is 138 cm³/mol. The van der Waals surface area contributed by atoms with Crippen LogP contribution in [0.15, 0.2) is 29.2 Å². The number of methoxy groups -OCH3 is 1. The van der Waals surface area contributed by atoms with Gasteiger partial charge in [-0.1, -0.05) is 6.92 Å². The van der Waals surface area contributed by atoms with E-state index in [1.165, 1.54) is 47.0 Å². The summed E-state index contributed by atoms with van der Waals surface area (Å²) in [6.07, 6.45) is 1.82. The summed E-state index contributed by atoms with van der Waals surface area (Å²) in [4.78, 5) is 40.3. The molecule has 0 radical (unpaired) electrons. The fourth-order valence-electron chi connectivity index (χ4n) is 4.65. The zero-order valence-electron chi connectivity index (χ0n) is 21.1. The quantitative estimate of drug-likeness (QED) is 0.545. The molecule has 10 nitrogen and oxygen atoms in total. The first-order valence-corrected chi connectivity index (χ1v) is 14.5. The van der Waals surface area contributed by atoms with E-state index in [0.717, 1.165) is 23.3 Å². The number of sulfonamides is 1. The van der Waals surface area contributed by atoms with Gasteiger partial charge in [0.25, 0.3) is 5.91 Å². The molecule has 3 heterocycles. The Morgan fingerprint density at radius 2 is 1.89 bits per heavy atom. The number of hydrogen-bond acceptors (Lipinski definition) is 8. The number of fused-ring (bicyclic) bond motifs is 1. The van der Waals surface area contributed by atoms with Crippen molar-refractivity contribution in [2.45, 2.75) is 44.6 Å². The molecule has 1 N–H and O–H groups in total. The van der Waals surface area contributed by atoms with Crippen molar-refractivity contribution in [3.05, 3.63) is 45.8 Å². The molecule has 1 aromatic heterocycles. The molecule has 0 spiro atoms. The van der Waals surface area contributed by atoms with Gasteiger partial charge in [-0.2, -0.15) is 4.31 Å². The van der Waals surface area contributed by atoms with Gasteiger partial charge in [-0.3, -0.25) is 4.79 Å². The van der Waals surface area contributed by atoms with Gasteiger partial charge in [0.05, 0.1) is 30.7 Å². The highest BCUT2D eigenvalue weighted by Gasteiger charge is 2.32. The topological polar surface area (TPSA) is 122 Å². The number of carbonyl (C=O) groups excluding carboxylic acids is 3. The maximum Gasteiger partial charge on any atom is 0.410 e. The van der Waals surface area contributed by atoms with Crippen molar-refractivity contribution >= 4 is 44.3 Å². The molecule has 200 valence electrons. The number of amides is 2. The zero-order valence-corrected chi connectivity index (χ0v) is 22.7. The maximum atomic E-state index is 13.1. The Balaban J connectivity index is 1.54. The SMILES string of the molecule is CCOC(=O)N1CCc2c(sc(NC(=O)c3ccc(S(=O)(=O)N4CCC[C@@H](C)C4)cc3)c2C(=O)OC)C1. The third-order valence-electron chi connectivity index (χ3n) is 6.57. The van der Waals surface area contributed by atoms with Crippen molar-refractivity contribution in [3.8, 4) is 0 Å². The highest BCUT2D eigenvalue weighted by atomic mass is 32.2. The molecule has 1 fully saturated rings. The molecule has 1 aromatic carbocycles. The monoisotopic (exact) mass is 549 g/mol.